The number of halogens is 2. The van der Waals surface area contributed by atoms with Crippen LogP contribution in [0.15, 0.2) is 42.6 Å². The average Bonchev–Trinajstić information content (AvgIpc) is 2.74. The molecule has 2 aliphatic rings. The molecule has 2 saturated heterocycles. The third kappa shape index (κ3) is 5.28. The summed E-state index contributed by atoms with van der Waals surface area (Å²) >= 11 is 12.2. The highest BCUT2D eigenvalue weighted by atomic mass is 35.5. The van der Waals surface area contributed by atoms with Crippen molar-refractivity contribution in [3.8, 4) is 0 Å². The molecule has 4 rings (SSSR count). The lowest BCUT2D eigenvalue weighted by atomic mass is 9.93. The second-order valence-electron chi connectivity index (χ2n) is 8.71. The number of piperidine rings is 1. The molecule has 0 aliphatic carbocycles. The summed E-state index contributed by atoms with van der Waals surface area (Å²) in [6.07, 6.45) is 6.53. The highest BCUT2D eigenvalue weighted by Gasteiger charge is 2.36. The Morgan fingerprint density at radius 2 is 1.90 bits per heavy atom. The van der Waals surface area contributed by atoms with Crippen molar-refractivity contribution in [2.45, 2.75) is 63.8 Å². The van der Waals surface area contributed by atoms with Gasteiger partial charge in [-0.1, -0.05) is 35.3 Å². The van der Waals surface area contributed by atoms with Gasteiger partial charge in [0.05, 0.1) is 12.7 Å². The number of rotatable bonds is 5. The van der Waals surface area contributed by atoms with Crippen molar-refractivity contribution in [3.63, 3.8) is 0 Å². The first kappa shape index (κ1) is 21.9. The number of hydrogen-bond acceptors (Lipinski definition) is 4. The third-order valence-electron chi connectivity index (χ3n) is 6.51. The Morgan fingerprint density at radius 1 is 1.10 bits per heavy atom. The Balaban J connectivity index is 1.40. The Hall–Kier alpha value is -1.33. The maximum absolute atomic E-state index is 6.20. The van der Waals surface area contributed by atoms with Crippen LogP contribution in [-0.2, 0) is 11.2 Å². The van der Waals surface area contributed by atoms with E-state index in [1.54, 1.807) is 6.20 Å². The molecule has 0 N–H and O–H groups in total. The van der Waals surface area contributed by atoms with Gasteiger partial charge >= 0.3 is 0 Å². The smallest absolute Gasteiger partial charge is 0.130 e. The van der Waals surface area contributed by atoms with Gasteiger partial charge in [-0.2, -0.15) is 0 Å². The summed E-state index contributed by atoms with van der Waals surface area (Å²) in [4.78, 5) is 9.67. The zero-order valence-corrected chi connectivity index (χ0v) is 19.3. The van der Waals surface area contributed by atoms with Crippen molar-refractivity contribution in [1.29, 1.82) is 0 Å². The highest BCUT2D eigenvalue weighted by Crippen LogP contribution is 2.30. The molecule has 2 unspecified atom stereocenters. The first-order valence-corrected chi connectivity index (χ1v) is 11.7. The number of benzene rings is 1. The van der Waals surface area contributed by atoms with E-state index < -0.39 is 0 Å². The molecule has 2 aromatic rings. The molecule has 0 amide bonds. The summed E-state index contributed by atoms with van der Waals surface area (Å²) in [5.41, 5.74) is 1.34. The molecule has 4 atom stereocenters. The van der Waals surface area contributed by atoms with Crippen molar-refractivity contribution in [1.82, 2.24) is 9.88 Å². The van der Waals surface area contributed by atoms with E-state index in [1.807, 2.05) is 24.3 Å². The van der Waals surface area contributed by atoms with E-state index in [0.29, 0.717) is 24.2 Å². The zero-order valence-electron chi connectivity index (χ0n) is 17.8. The number of aromatic nitrogens is 1. The maximum Gasteiger partial charge on any atom is 0.130 e. The molecule has 0 bridgehead atoms. The van der Waals surface area contributed by atoms with Crippen LogP contribution in [-0.4, -0.2) is 53.8 Å². The van der Waals surface area contributed by atoms with Crippen LogP contribution in [0.3, 0.4) is 0 Å². The molecule has 1 aromatic carbocycles. The minimum absolute atomic E-state index is 0.291. The molecule has 0 radical (unpaired) electrons. The fraction of sp³-hybridized carbons (Fsp3) is 0.542. The molecule has 2 fully saturated rings. The molecule has 162 valence electrons. The molecule has 2 aliphatic heterocycles. The van der Waals surface area contributed by atoms with E-state index in [0.717, 1.165) is 61.2 Å². The fourth-order valence-corrected chi connectivity index (χ4v) is 5.17. The summed E-state index contributed by atoms with van der Waals surface area (Å²) in [7, 11) is 0. The normalized spacial score (nSPS) is 27.9. The second-order valence-corrected chi connectivity index (χ2v) is 9.59. The van der Waals surface area contributed by atoms with Crippen LogP contribution in [0.25, 0.3) is 0 Å². The van der Waals surface area contributed by atoms with Crippen LogP contribution in [0, 0.1) is 0 Å². The fourth-order valence-electron chi connectivity index (χ4n) is 4.89. The number of pyridine rings is 1. The summed E-state index contributed by atoms with van der Waals surface area (Å²) < 4.78 is 6.05. The van der Waals surface area contributed by atoms with Crippen LogP contribution in [0.4, 0.5) is 5.82 Å². The van der Waals surface area contributed by atoms with Gasteiger partial charge in [-0.05, 0) is 69.4 Å². The predicted molar refractivity (Wildman–Crippen MR) is 125 cm³/mol. The van der Waals surface area contributed by atoms with Gasteiger partial charge in [0.1, 0.15) is 5.82 Å². The molecule has 30 heavy (non-hydrogen) atoms. The van der Waals surface area contributed by atoms with Gasteiger partial charge in [0.15, 0.2) is 0 Å². The van der Waals surface area contributed by atoms with Gasteiger partial charge in [0.25, 0.3) is 0 Å². The number of aryl methyl sites for hydroxylation is 1. The molecule has 6 heteroatoms. The number of hydrogen-bond donors (Lipinski definition) is 0. The Kier molecular flexibility index (Phi) is 7.20. The summed E-state index contributed by atoms with van der Waals surface area (Å²) in [5.74, 6) is 0.989. The Bertz CT molecular complexity index is 831. The van der Waals surface area contributed by atoms with Crippen molar-refractivity contribution < 1.29 is 4.74 Å². The van der Waals surface area contributed by atoms with Gasteiger partial charge in [-0.25, -0.2) is 4.98 Å². The molecule has 3 heterocycles. The number of ether oxygens (including phenoxy) is 1. The molecule has 0 spiro atoms. The maximum atomic E-state index is 6.20. The van der Waals surface area contributed by atoms with Gasteiger partial charge in [-0.15, -0.1) is 0 Å². The molecular weight excluding hydrogens is 417 g/mol. The van der Waals surface area contributed by atoms with Crippen LogP contribution in [0.5, 0.6) is 0 Å². The molecule has 0 saturated carbocycles. The molecular formula is C24H31Cl2N3O. The second kappa shape index (κ2) is 9.86. The van der Waals surface area contributed by atoms with E-state index >= 15 is 0 Å². The molecule has 1 aromatic heterocycles. The van der Waals surface area contributed by atoms with E-state index in [2.05, 4.69) is 40.8 Å². The quantitative estimate of drug-likeness (QED) is 0.607. The van der Waals surface area contributed by atoms with Crippen LogP contribution in [0.2, 0.25) is 10.0 Å². The Labute approximate surface area is 190 Å². The minimum Gasteiger partial charge on any atom is -0.376 e. The summed E-state index contributed by atoms with van der Waals surface area (Å²) in [5, 5.41) is 1.55. The first-order valence-electron chi connectivity index (χ1n) is 11.0. The van der Waals surface area contributed by atoms with Crippen LogP contribution in [0.1, 0.15) is 38.7 Å². The van der Waals surface area contributed by atoms with Gasteiger partial charge < -0.3 is 9.64 Å². The van der Waals surface area contributed by atoms with Crippen molar-refractivity contribution in [3.05, 3.63) is 58.2 Å². The standard InChI is InChI=1S/C24H31Cl2N3O/c1-17-13-22(10-12-28(17)24-14-21(26)9-11-27-24)29-15-18(2)30-16-23(29)8-5-19-3-6-20(25)7-4-19/h3-4,6-7,9,11,14,17-18,22-23H,5,8,10,12-13,15-16H2,1-2H3/t17?,18-,22?,23-/m0/s1. The van der Waals surface area contributed by atoms with Crippen molar-refractivity contribution in [2.75, 3.05) is 24.6 Å². The van der Waals surface area contributed by atoms with E-state index in [9.17, 15) is 0 Å². The highest BCUT2D eigenvalue weighted by molar-refractivity contribution is 6.31. The number of nitrogens with zero attached hydrogens (tertiary/aromatic N) is 3. The van der Waals surface area contributed by atoms with Gasteiger partial charge in [-0.3, -0.25) is 4.90 Å². The van der Waals surface area contributed by atoms with Crippen LogP contribution >= 0.6 is 23.2 Å². The SMILES string of the molecule is CC1CC(N2C[C@H](C)OC[C@@H]2CCc2ccc(Cl)cc2)CCN1c1cc(Cl)ccn1. The largest absolute Gasteiger partial charge is 0.376 e. The minimum atomic E-state index is 0.291. The Morgan fingerprint density at radius 3 is 2.63 bits per heavy atom. The van der Waals surface area contributed by atoms with Crippen molar-refractivity contribution >= 4 is 29.0 Å². The zero-order chi connectivity index (χ0) is 21.1. The third-order valence-corrected chi connectivity index (χ3v) is 7.00. The van der Waals surface area contributed by atoms with Crippen LogP contribution < -0.4 is 4.90 Å². The van der Waals surface area contributed by atoms with Crippen molar-refractivity contribution in [2.24, 2.45) is 0 Å². The van der Waals surface area contributed by atoms with E-state index in [-0.39, 0.29) is 0 Å². The lowest BCUT2D eigenvalue weighted by Gasteiger charge is -2.48. The predicted octanol–water partition coefficient (Wildman–Crippen LogP) is 5.47. The lowest BCUT2D eigenvalue weighted by Crippen LogP contribution is -2.57. The van der Waals surface area contributed by atoms with Gasteiger partial charge in [0, 0.05) is 47.5 Å². The lowest BCUT2D eigenvalue weighted by molar-refractivity contribution is -0.0782. The van der Waals surface area contributed by atoms with E-state index in [1.165, 1.54) is 5.56 Å². The van der Waals surface area contributed by atoms with E-state index in [4.69, 9.17) is 27.9 Å². The average molecular weight is 448 g/mol. The molecule has 4 nitrogen and oxygen atoms in total. The summed E-state index contributed by atoms with van der Waals surface area (Å²) in [6.45, 7) is 7.34. The number of anilines is 1. The number of morpholine rings is 1. The topological polar surface area (TPSA) is 28.6 Å². The summed E-state index contributed by atoms with van der Waals surface area (Å²) in [6, 6.07) is 13.5. The first-order chi connectivity index (χ1) is 14.5. The monoisotopic (exact) mass is 447 g/mol. The van der Waals surface area contributed by atoms with Gasteiger partial charge in [0.2, 0.25) is 0 Å².